The normalized spacial score (nSPS) is 32.8. The Morgan fingerprint density at radius 3 is 2.23 bits per heavy atom. The van der Waals surface area contributed by atoms with Gasteiger partial charge in [-0.25, -0.2) is 9.78 Å². The van der Waals surface area contributed by atoms with Gasteiger partial charge in [0.1, 0.15) is 0 Å². The molecule has 4 atom stereocenters. The molecule has 8 heteroatoms. The molecule has 226 valence electrons. The minimum absolute atomic E-state index is 0.0113. The number of amides is 2. The van der Waals surface area contributed by atoms with Crippen molar-refractivity contribution < 1.29 is 19.4 Å². The molecule has 0 radical (unpaired) electrons. The first kappa shape index (κ1) is 28.8. The van der Waals surface area contributed by atoms with E-state index in [2.05, 4.69) is 22.5 Å². The number of urea groups is 1. The molecule has 5 fully saturated rings. The van der Waals surface area contributed by atoms with Crippen molar-refractivity contribution in [2.45, 2.75) is 81.1 Å². The van der Waals surface area contributed by atoms with Crippen LogP contribution in [0.5, 0.6) is 0 Å². The standard InChI is InChI=1S/C35H41N3O4S/c1-22-30(21-43-31-4-2-3-13-36-31)41-33(42-32(22)27-7-5-23(20-39)6-8-27)28-9-11-29(12-10-28)37-34(40)38-35-17-24-14-25(18-35)16-26(15-24)19-35/h2-13,22,24-26,30,32-33,39H,14-21H2,1H3,(H2,37,38,40). The Morgan fingerprint density at radius 1 is 0.930 bits per heavy atom. The van der Waals surface area contributed by atoms with Crippen LogP contribution >= 0.6 is 11.8 Å². The molecular formula is C35H41N3O4S. The number of carbonyl (C=O) groups is 1. The molecule has 0 spiro atoms. The van der Waals surface area contributed by atoms with Gasteiger partial charge in [-0.15, -0.1) is 11.8 Å². The number of pyridine rings is 1. The zero-order valence-corrected chi connectivity index (χ0v) is 25.5. The van der Waals surface area contributed by atoms with E-state index in [9.17, 15) is 9.90 Å². The highest BCUT2D eigenvalue weighted by Crippen LogP contribution is 2.55. The SMILES string of the molecule is CC1C(CSc2ccccn2)OC(c2ccc(NC(=O)NC34CC5CC(CC(C5)C3)C4)cc2)OC1c1ccc(CO)cc1. The van der Waals surface area contributed by atoms with Gasteiger partial charge in [0.15, 0.2) is 6.29 Å². The molecule has 4 aliphatic carbocycles. The fourth-order valence-electron chi connectivity index (χ4n) is 8.30. The summed E-state index contributed by atoms with van der Waals surface area (Å²) in [5.41, 5.74) is 3.58. The van der Waals surface area contributed by atoms with Crippen LogP contribution < -0.4 is 10.6 Å². The average Bonchev–Trinajstić information content (AvgIpc) is 3.00. The maximum absolute atomic E-state index is 13.1. The van der Waals surface area contributed by atoms with E-state index in [1.54, 1.807) is 11.8 Å². The lowest BCUT2D eigenvalue weighted by atomic mass is 9.53. The van der Waals surface area contributed by atoms with E-state index >= 15 is 0 Å². The molecule has 1 aromatic heterocycles. The number of nitrogens with zero attached hydrogens (tertiary/aromatic N) is 1. The van der Waals surface area contributed by atoms with Crippen LogP contribution in [0, 0.1) is 23.7 Å². The summed E-state index contributed by atoms with van der Waals surface area (Å²) in [7, 11) is 0. The topological polar surface area (TPSA) is 92.7 Å². The molecule has 4 saturated carbocycles. The maximum Gasteiger partial charge on any atom is 0.319 e. The first-order chi connectivity index (χ1) is 20.9. The third-order valence-electron chi connectivity index (χ3n) is 10.0. The van der Waals surface area contributed by atoms with Crippen LogP contribution in [0.15, 0.2) is 78.0 Å². The van der Waals surface area contributed by atoms with Crippen LogP contribution in [-0.2, 0) is 16.1 Å². The summed E-state index contributed by atoms with van der Waals surface area (Å²) in [5, 5.41) is 17.0. The molecule has 7 nitrogen and oxygen atoms in total. The summed E-state index contributed by atoms with van der Waals surface area (Å²) >= 11 is 1.68. The Balaban J connectivity index is 1.04. The van der Waals surface area contributed by atoms with E-state index in [1.165, 1.54) is 19.3 Å². The third kappa shape index (κ3) is 6.34. The minimum Gasteiger partial charge on any atom is -0.392 e. The highest BCUT2D eigenvalue weighted by molar-refractivity contribution is 7.99. The highest BCUT2D eigenvalue weighted by Gasteiger charge is 2.51. The van der Waals surface area contributed by atoms with Gasteiger partial charge in [0.05, 0.1) is 23.8 Å². The van der Waals surface area contributed by atoms with Crippen LogP contribution in [-0.4, -0.2) is 33.5 Å². The number of aromatic nitrogens is 1. The Bertz CT molecular complexity index is 1370. The summed E-state index contributed by atoms with van der Waals surface area (Å²) < 4.78 is 13.2. The molecule has 3 N–H and O–H groups in total. The first-order valence-corrected chi connectivity index (χ1v) is 16.7. The largest absolute Gasteiger partial charge is 0.392 e. The van der Waals surface area contributed by atoms with E-state index in [-0.39, 0.29) is 36.3 Å². The van der Waals surface area contributed by atoms with Gasteiger partial charge in [0.2, 0.25) is 0 Å². The number of ether oxygens (including phenoxy) is 2. The number of hydrogen-bond acceptors (Lipinski definition) is 6. The number of thioether (sulfide) groups is 1. The van der Waals surface area contributed by atoms with Gasteiger partial charge >= 0.3 is 6.03 Å². The number of benzene rings is 2. The number of nitrogens with one attached hydrogen (secondary N) is 2. The summed E-state index contributed by atoms with van der Waals surface area (Å²) in [6.45, 7) is 2.18. The molecule has 2 aromatic carbocycles. The molecular weight excluding hydrogens is 558 g/mol. The Kier molecular flexibility index (Phi) is 8.20. The summed E-state index contributed by atoms with van der Waals surface area (Å²) in [6, 6.07) is 21.6. The first-order valence-electron chi connectivity index (χ1n) is 15.7. The smallest absolute Gasteiger partial charge is 0.319 e. The second kappa shape index (κ2) is 12.2. The number of rotatable bonds is 8. The second-order valence-electron chi connectivity index (χ2n) is 13.2. The van der Waals surface area contributed by atoms with E-state index in [0.29, 0.717) is 0 Å². The quantitative estimate of drug-likeness (QED) is 0.236. The zero-order chi connectivity index (χ0) is 29.4. The molecule has 4 bridgehead atoms. The fraction of sp³-hybridized carbons (Fsp3) is 0.486. The Labute approximate surface area is 258 Å². The Morgan fingerprint density at radius 2 is 1.60 bits per heavy atom. The molecule has 2 amide bonds. The number of aliphatic hydroxyl groups is 1. The number of hydrogen-bond donors (Lipinski definition) is 3. The van der Waals surface area contributed by atoms with Gasteiger partial charge in [0, 0.05) is 34.7 Å². The lowest BCUT2D eigenvalue weighted by molar-refractivity contribution is -0.268. The van der Waals surface area contributed by atoms with Gasteiger partial charge < -0.3 is 25.2 Å². The molecule has 4 unspecified atom stereocenters. The molecule has 8 rings (SSSR count). The van der Waals surface area contributed by atoms with Crippen LogP contribution in [0.2, 0.25) is 0 Å². The minimum atomic E-state index is -0.553. The maximum atomic E-state index is 13.1. The lowest BCUT2D eigenvalue weighted by Crippen LogP contribution is -2.60. The van der Waals surface area contributed by atoms with Gasteiger partial charge in [-0.3, -0.25) is 0 Å². The third-order valence-corrected chi connectivity index (χ3v) is 11.0. The molecule has 3 aromatic rings. The molecule has 5 aliphatic rings. The van der Waals surface area contributed by atoms with E-state index < -0.39 is 6.29 Å². The zero-order valence-electron chi connectivity index (χ0n) is 24.7. The summed E-state index contributed by atoms with van der Waals surface area (Å²) in [5.74, 6) is 3.19. The monoisotopic (exact) mass is 599 g/mol. The lowest BCUT2D eigenvalue weighted by Gasteiger charge is -2.56. The fourth-order valence-corrected chi connectivity index (χ4v) is 9.33. The van der Waals surface area contributed by atoms with Crippen molar-refractivity contribution in [3.8, 4) is 0 Å². The van der Waals surface area contributed by atoms with Gasteiger partial charge in [-0.1, -0.05) is 49.4 Å². The second-order valence-corrected chi connectivity index (χ2v) is 14.2. The average molecular weight is 600 g/mol. The van der Waals surface area contributed by atoms with Crippen LogP contribution in [0.1, 0.15) is 74.5 Å². The molecule has 1 aliphatic heterocycles. The van der Waals surface area contributed by atoms with Gasteiger partial charge in [-0.05, 0) is 91.7 Å². The predicted molar refractivity (Wildman–Crippen MR) is 167 cm³/mol. The predicted octanol–water partition coefficient (Wildman–Crippen LogP) is 7.25. The molecule has 1 saturated heterocycles. The highest BCUT2D eigenvalue weighted by atomic mass is 32.2. The van der Waals surface area contributed by atoms with Crippen molar-refractivity contribution in [1.29, 1.82) is 0 Å². The van der Waals surface area contributed by atoms with Crippen LogP contribution in [0.25, 0.3) is 0 Å². The number of anilines is 1. The van der Waals surface area contributed by atoms with E-state index in [1.807, 2.05) is 72.9 Å². The van der Waals surface area contributed by atoms with Crippen molar-refractivity contribution in [2.24, 2.45) is 23.7 Å². The van der Waals surface area contributed by atoms with Gasteiger partial charge in [-0.2, -0.15) is 0 Å². The number of aliphatic hydroxyl groups excluding tert-OH is 1. The van der Waals surface area contributed by atoms with Crippen molar-refractivity contribution in [1.82, 2.24) is 10.3 Å². The van der Waals surface area contributed by atoms with E-state index in [4.69, 9.17) is 9.47 Å². The summed E-state index contributed by atoms with van der Waals surface area (Å²) in [4.78, 5) is 17.6. The van der Waals surface area contributed by atoms with Crippen molar-refractivity contribution >= 4 is 23.5 Å². The van der Waals surface area contributed by atoms with E-state index in [0.717, 1.165) is 70.2 Å². The van der Waals surface area contributed by atoms with Crippen molar-refractivity contribution in [2.75, 3.05) is 11.1 Å². The Hall–Kier alpha value is -2.91. The van der Waals surface area contributed by atoms with Crippen LogP contribution in [0.4, 0.5) is 10.5 Å². The van der Waals surface area contributed by atoms with Gasteiger partial charge in [0.25, 0.3) is 0 Å². The summed E-state index contributed by atoms with van der Waals surface area (Å²) in [6.07, 6.45) is 8.45. The molecule has 43 heavy (non-hydrogen) atoms. The van der Waals surface area contributed by atoms with Crippen molar-refractivity contribution in [3.63, 3.8) is 0 Å². The molecule has 2 heterocycles. The van der Waals surface area contributed by atoms with Crippen molar-refractivity contribution in [3.05, 3.63) is 89.6 Å². The van der Waals surface area contributed by atoms with Crippen LogP contribution in [0.3, 0.4) is 0 Å². The number of carbonyl (C=O) groups excluding carboxylic acids is 1.